The monoisotopic (exact) mass is 281 g/mol. The summed E-state index contributed by atoms with van der Waals surface area (Å²) in [7, 11) is 3.05. The fourth-order valence-electron chi connectivity index (χ4n) is 1.86. The van der Waals surface area contributed by atoms with Crippen molar-refractivity contribution in [2.45, 2.75) is 26.7 Å². The van der Waals surface area contributed by atoms with Crippen LogP contribution in [0.4, 0.5) is 0 Å². The molecule has 0 aromatic carbocycles. The highest BCUT2D eigenvalue weighted by Crippen LogP contribution is 2.09. The van der Waals surface area contributed by atoms with Crippen molar-refractivity contribution in [2.75, 3.05) is 13.6 Å². The van der Waals surface area contributed by atoms with Gasteiger partial charge < -0.3 is 10.0 Å². The zero-order chi connectivity index (χ0) is 15.4. The third-order valence-corrected chi connectivity index (χ3v) is 3.17. The van der Waals surface area contributed by atoms with E-state index in [4.69, 9.17) is 5.11 Å². The zero-order valence-electron chi connectivity index (χ0n) is 12.1. The molecule has 0 saturated heterocycles. The number of aromatic nitrogens is 2. The number of hydrogen-bond donors (Lipinski definition) is 1. The molecule has 0 atom stereocenters. The van der Waals surface area contributed by atoms with Crippen LogP contribution < -0.4 is 5.56 Å². The van der Waals surface area contributed by atoms with E-state index in [9.17, 15) is 14.4 Å². The summed E-state index contributed by atoms with van der Waals surface area (Å²) in [5.74, 6) is -1.31. The van der Waals surface area contributed by atoms with E-state index in [-0.39, 0.29) is 18.5 Å². The van der Waals surface area contributed by atoms with Crippen LogP contribution in [-0.4, -0.2) is 45.3 Å². The van der Waals surface area contributed by atoms with Gasteiger partial charge in [0.15, 0.2) is 0 Å². The molecule has 7 heteroatoms. The number of carbonyl (C=O) groups excluding carboxylic acids is 1. The number of amides is 1. The number of nitrogens with zero attached hydrogens (tertiary/aromatic N) is 3. The van der Waals surface area contributed by atoms with Gasteiger partial charge in [0.05, 0.1) is 5.69 Å². The second-order valence-electron chi connectivity index (χ2n) is 4.74. The van der Waals surface area contributed by atoms with Gasteiger partial charge in [-0.25, -0.2) is 4.68 Å². The zero-order valence-corrected chi connectivity index (χ0v) is 12.1. The van der Waals surface area contributed by atoms with Crippen LogP contribution in [0.2, 0.25) is 0 Å². The van der Waals surface area contributed by atoms with E-state index < -0.39 is 17.4 Å². The third-order valence-electron chi connectivity index (χ3n) is 3.17. The molecule has 1 aromatic heterocycles. The molecular weight excluding hydrogens is 262 g/mol. The quantitative estimate of drug-likeness (QED) is 0.839. The van der Waals surface area contributed by atoms with Crippen LogP contribution in [0.5, 0.6) is 0 Å². The summed E-state index contributed by atoms with van der Waals surface area (Å²) in [6.45, 7) is 3.70. The topological polar surface area (TPSA) is 92.5 Å². The fraction of sp³-hybridized carbons (Fsp3) is 0.538. The molecule has 0 saturated carbocycles. The standard InChI is InChI=1S/C13H19N3O4/c1-8-9(2)14-16(4)13(20)11(8)12(19)15(3)7-5-6-10(17)18/h5-7H2,1-4H3,(H,17,18). The van der Waals surface area contributed by atoms with E-state index >= 15 is 0 Å². The molecule has 0 unspecified atom stereocenters. The van der Waals surface area contributed by atoms with E-state index in [1.165, 1.54) is 11.9 Å². The molecule has 0 aliphatic carbocycles. The first-order valence-corrected chi connectivity index (χ1v) is 6.27. The largest absolute Gasteiger partial charge is 0.481 e. The van der Waals surface area contributed by atoms with Crippen LogP contribution in [0, 0.1) is 13.8 Å². The summed E-state index contributed by atoms with van der Waals surface area (Å²) in [6, 6.07) is 0. The fourth-order valence-corrected chi connectivity index (χ4v) is 1.86. The third kappa shape index (κ3) is 3.43. The number of carboxylic acid groups (broad SMARTS) is 1. The van der Waals surface area contributed by atoms with Crippen molar-refractivity contribution >= 4 is 11.9 Å². The molecule has 7 nitrogen and oxygen atoms in total. The summed E-state index contributed by atoms with van der Waals surface area (Å²) in [6.07, 6.45) is 0.338. The van der Waals surface area contributed by atoms with Gasteiger partial charge in [-0.2, -0.15) is 5.10 Å². The predicted molar refractivity (Wildman–Crippen MR) is 72.8 cm³/mol. The number of aryl methyl sites for hydroxylation is 2. The average molecular weight is 281 g/mol. The van der Waals surface area contributed by atoms with Crippen LogP contribution in [-0.2, 0) is 11.8 Å². The Balaban J connectivity index is 2.98. The summed E-state index contributed by atoms with van der Waals surface area (Å²) in [5.41, 5.74) is 0.832. The Morgan fingerprint density at radius 1 is 1.35 bits per heavy atom. The molecule has 0 aliphatic rings. The van der Waals surface area contributed by atoms with Crippen LogP contribution in [0.3, 0.4) is 0 Å². The van der Waals surface area contributed by atoms with E-state index in [1.807, 2.05) is 0 Å². The van der Waals surface area contributed by atoms with Gasteiger partial charge in [0, 0.05) is 27.1 Å². The van der Waals surface area contributed by atoms with Gasteiger partial charge in [-0.15, -0.1) is 0 Å². The number of hydrogen-bond acceptors (Lipinski definition) is 4. The molecule has 1 amide bonds. The SMILES string of the molecule is Cc1nn(C)c(=O)c(C(=O)N(C)CCCC(=O)O)c1C. The first-order valence-electron chi connectivity index (χ1n) is 6.27. The van der Waals surface area contributed by atoms with Gasteiger partial charge in [-0.3, -0.25) is 14.4 Å². The second-order valence-corrected chi connectivity index (χ2v) is 4.74. The van der Waals surface area contributed by atoms with Gasteiger partial charge in [0.1, 0.15) is 5.56 Å². The van der Waals surface area contributed by atoms with Crippen molar-refractivity contribution in [3.63, 3.8) is 0 Å². The summed E-state index contributed by atoms with van der Waals surface area (Å²) in [4.78, 5) is 36.2. The Labute approximate surface area is 116 Å². The molecule has 1 aromatic rings. The van der Waals surface area contributed by atoms with Crippen LogP contribution >= 0.6 is 0 Å². The molecule has 1 rings (SSSR count). The molecule has 110 valence electrons. The lowest BCUT2D eigenvalue weighted by Crippen LogP contribution is -2.36. The Bertz CT molecular complexity index is 592. The van der Waals surface area contributed by atoms with E-state index in [0.29, 0.717) is 17.7 Å². The van der Waals surface area contributed by atoms with Gasteiger partial charge >= 0.3 is 5.97 Å². The summed E-state index contributed by atoms with van der Waals surface area (Å²) >= 11 is 0. The maximum atomic E-state index is 12.3. The lowest BCUT2D eigenvalue weighted by Gasteiger charge is -2.18. The molecular formula is C13H19N3O4. The number of aliphatic carboxylic acids is 1. The number of carboxylic acids is 1. The highest BCUT2D eigenvalue weighted by Gasteiger charge is 2.21. The highest BCUT2D eigenvalue weighted by atomic mass is 16.4. The van der Waals surface area contributed by atoms with E-state index in [0.717, 1.165) is 4.68 Å². The normalized spacial score (nSPS) is 10.4. The Morgan fingerprint density at radius 3 is 2.50 bits per heavy atom. The average Bonchev–Trinajstić information content (AvgIpc) is 2.36. The maximum absolute atomic E-state index is 12.3. The minimum atomic E-state index is -0.905. The molecule has 0 radical (unpaired) electrons. The number of rotatable bonds is 5. The minimum absolute atomic E-state index is 0.00994. The lowest BCUT2D eigenvalue weighted by molar-refractivity contribution is -0.137. The smallest absolute Gasteiger partial charge is 0.303 e. The molecule has 0 aliphatic heterocycles. The van der Waals surface area contributed by atoms with E-state index in [1.54, 1.807) is 20.9 Å². The maximum Gasteiger partial charge on any atom is 0.303 e. The van der Waals surface area contributed by atoms with Crippen molar-refractivity contribution < 1.29 is 14.7 Å². The first-order chi connectivity index (χ1) is 9.25. The molecule has 0 bridgehead atoms. The Kier molecular flexibility index (Phi) is 5.01. The van der Waals surface area contributed by atoms with Crippen LogP contribution in [0.1, 0.15) is 34.5 Å². The van der Waals surface area contributed by atoms with Crippen molar-refractivity contribution in [1.29, 1.82) is 0 Å². The molecule has 20 heavy (non-hydrogen) atoms. The second kappa shape index (κ2) is 6.31. The number of carbonyl (C=O) groups is 2. The molecule has 1 N–H and O–H groups in total. The van der Waals surface area contributed by atoms with E-state index in [2.05, 4.69) is 5.10 Å². The van der Waals surface area contributed by atoms with Crippen molar-refractivity contribution in [2.24, 2.45) is 7.05 Å². The molecule has 0 fully saturated rings. The Hall–Kier alpha value is -2.18. The van der Waals surface area contributed by atoms with Crippen molar-refractivity contribution in [3.05, 3.63) is 27.2 Å². The van der Waals surface area contributed by atoms with Gasteiger partial charge in [-0.05, 0) is 25.8 Å². The lowest BCUT2D eigenvalue weighted by atomic mass is 10.1. The van der Waals surface area contributed by atoms with Crippen molar-refractivity contribution in [3.8, 4) is 0 Å². The van der Waals surface area contributed by atoms with Gasteiger partial charge in [-0.1, -0.05) is 0 Å². The molecule has 0 spiro atoms. The van der Waals surface area contributed by atoms with Gasteiger partial charge in [0.2, 0.25) is 0 Å². The highest BCUT2D eigenvalue weighted by molar-refractivity contribution is 5.95. The summed E-state index contributed by atoms with van der Waals surface area (Å²) < 4.78 is 1.14. The molecule has 1 heterocycles. The van der Waals surface area contributed by atoms with Crippen molar-refractivity contribution in [1.82, 2.24) is 14.7 Å². The summed E-state index contributed by atoms with van der Waals surface area (Å²) in [5, 5.41) is 12.6. The Morgan fingerprint density at radius 2 is 1.95 bits per heavy atom. The van der Waals surface area contributed by atoms with Crippen LogP contribution in [0.25, 0.3) is 0 Å². The first kappa shape index (κ1) is 15.9. The minimum Gasteiger partial charge on any atom is -0.481 e. The van der Waals surface area contributed by atoms with Gasteiger partial charge in [0.25, 0.3) is 11.5 Å². The van der Waals surface area contributed by atoms with Crippen LogP contribution in [0.15, 0.2) is 4.79 Å². The predicted octanol–water partition coefficient (Wildman–Crippen LogP) is 0.334.